The van der Waals surface area contributed by atoms with Crippen LogP contribution in [0.1, 0.15) is 16.1 Å². The molecule has 18 heavy (non-hydrogen) atoms. The topological polar surface area (TPSA) is 80.1 Å². The Hall–Kier alpha value is -2.43. The first kappa shape index (κ1) is 12.0. The molecule has 0 spiro atoms. The van der Waals surface area contributed by atoms with Crippen molar-refractivity contribution in [3.8, 4) is 5.75 Å². The number of nitrogens with one attached hydrogen (secondary N) is 2. The molecule has 0 saturated heterocycles. The number of ether oxygens (including phenoxy) is 1. The average Bonchev–Trinajstić information content (AvgIpc) is 2.76. The van der Waals surface area contributed by atoms with Crippen molar-refractivity contribution < 1.29 is 9.53 Å². The zero-order valence-electron chi connectivity index (χ0n) is 10.3. The highest BCUT2D eigenvalue weighted by Gasteiger charge is 2.08. The highest BCUT2D eigenvalue weighted by molar-refractivity contribution is 6.03. The number of aryl methyl sites for hydroxylation is 1. The zero-order valence-corrected chi connectivity index (χ0v) is 10.3. The number of aromatic nitrogens is 1. The highest BCUT2D eigenvalue weighted by Crippen LogP contribution is 2.21. The molecule has 0 fully saturated rings. The summed E-state index contributed by atoms with van der Waals surface area (Å²) in [6, 6.07) is 7.04. The molecule has 5 heteroatoms. The Morgan fingerprint density at radius 3 is 2.72 bits per heavy atom. The van der Waals surface area contributed by atoms with Gasteiger partial charge >= 0.3 is 0 Å². The number of methoxy groups -OCH3 is 1. The molecule has 0 aliphatic heterocycles. The van der Waals surface area contributed by atoms with Crippen LogP contribution < -0.4 is 15.8 Å². The standard InChI is InChI=1S/C13H15N3O2/c1-8-5-10(3-4-12(8)18-2)16-13(17)11-6-9(14)7-15-11/h3-7,15H,14H2,1-2H3,(H,16,17). The summed E-state index contributed by atoms with van der Waals surface area (Å²) in [6.07, 6.45) is 1.58. The van der Waals surface area contributed by atoms with Crippen molar-refractivity contribution in [2.75, 3.05) is 18.2 Å². The third-order valence-corrected chi connectivity index (χ3v) is 2.60. The number of nitrogens with two attached hydrogens (primary N) is 1. The minimum atomic E-state index is -0.226. The summed E-state index contributed by atoms with van der Waals surface area (Å²) >= 11 is 0. The molecule has 4 N–H and O–H groups in total. The molecular formula is C13H15N3O2. The SMILES string of the molecule is COc1ccc(NC(=O)c2cc(N)c[nH]2)cc1C. The van der Waals surface area contributed by atoms with Crippen LogP contribution in [0, 0.1) is 6.92 Å². The van der Waals surface area contributed by atoms with Crippen LogP contribution in [0.5, 0.6) is 5.75 Å². The van der Waals surface area contributed by atoms with Crippen LogP contribution in [-0.4, -0.2) is 18.0 Å². The highest BCUT2D eigenvalue weighted by atomic mass is 16.5. The fraction of sp³-hybridized carbons (Fsp3) is 0.154. The number of carbonyl (C=O) groups excluding carboxylic acids is 1. The predicted molar refractivity (Wildman–Crippen MR) is 70.9 cm³/mol. The average molecular weight is 245 g/mol. The van der Waals surface area contributed by atoms with Crippen LogP contribution in [0.4, 0.5) is 11.4 Å². The molecule has 2 rings (SSSR count). The number of amides is 1. The Labute approximate surface area is 105 Å². The van der Waals surface area contributed by atoms with Gasteiger partial charge in [0.1, 0.15) is 11.4 Å². The first-order valence-electron chi connectivity index (χ1n) is 5.50. The van der Waals surface area contributed by atoms with Crippen molar-refractivity contribution in [2.45, 2.75) is 6.92 Å². The van der Waals surface area contributed by atoms with Gasteiger partial charge in [-0.2, -0.15) is 0 Å². The Morgan fingerprint density at radius 2 is 2.17 bits per heavy atom. The van der Waals surface area contributed by atoms with Crippen molar-refractivity contribution in [3.63, 3.8) is 0 Å². The van der Waals surface area contributed by atoms with Gasteiger partial charge in [0.15, 0.2) is 0 Å². The molecule has 0 saturated carbocycles. The molecule has 94 valence electrons. The van der Waals surface area contributed by atoms with Gasteiger partial charge in [0.05, 0.1) is 7.11 Å². The monoisotopic (exact) mass is 245 g/mol. The summed E-state index contributed by atoms with van der Waals surface area (Å²) in [6.45, 7) is 1.92. The molecule has 1 aromatic heterocycles. The lowest BCUT2D eigenvalue weighted by Crippen LogP contribution is -2.12. The third kappa shape index (κ3) is 2.45. The normalized spacial score (nSPS) is 10.1. The molecule has 5 nitrogen and oxygen atoms in total. The molecule has 0 radical (unpaired) electrons. The summed E-state index contributed by atoms with van der Waals surface area (Å²) < 4.78 is 5.16. The third-order valence-electron chi connectivity index (χ3n) is 2.60. The second-order valence-corrected chi connectivity index (χ2v) is 3.99. The number of nitrogen functional groups attached to an aromatic ring is 1. The largest absolute Gasteiger partial charge is 0.496 e. The van der Waals surface area contributed by atoms with Crippen LogP contribution in [0.15, 0.2) is 30.5 Å². The molecule has 1 amide bonds. The van der Waals surface area contributed by atoms with Gasteiger partial charge in [-0.1, -0.05) is 0 Å². The van der Waals surface area contributed by atoms with Gasteiger partial charge in [0.2, 0.25) is 0 Å². The second kappa shape index (κ2) is 4.83. The lowest BCUT2D eigenvalue weighted by Gasteiger charge is -2.08. The van der Waals surface area contributed by atoms with E-state index in [0.717, 1.165) is 11.3 Å². The fourth-order valence-corrected chi connectivity index (χ4v) is 1.70. The van der Waals surface area contributed by atoms with E-state index in [1.165, 1.54) is 0 Å². The lowest BCUT2D eigenvalue weighted by atomic mass is 10.2. The zero-order chi connectivity index (χ0) is 13.1. The van der Waals surface area contributed by atoms with Gasteiger partial charge in [0, 0.05) is 17.6 Å². The number of H-pyrrole nitrogens is 1. The van der Waals surface area contributed by atoms with Gasteiger partial charge in [-0.15, -0.1) is 0 Å². The minimum absolute atomic E-state index is 0.226. The van der Waals surface area contributed by atoms with E-state index in [0.29, 0.717) is 17.1 Å². The van der Waals surface area contributed by atoms with Crippen molar-refractivity contribution >= 4 is 17.3 Å². The van der Waals surface area contributed by atoms with Gasteiger partial charge < -0.3 is 20.8 Å². The predicted octanol–water partition coefficient (Wildman–Crippen LogP) is 2.17. The van der Waals surface area contributed by atoms with Crippen LogP contribution in [0.3, 0.4) is 0 Å². The van der Waals surface area contributed by atoms with E-state index < -0.39 is 0 Å². The maximum atomic E-state index is 11.9. The second-order valence-electron chi connectivity index (χ2n) is 3.99. The van der Waals surface area contributed by atoms with Gasteiger partial charge in [-0.05, 0) is 36.8 Å². The van der Waals surface area contributed by atoms with Gasteiger partial charge in [0.25, 0.3) is 5.91 Å². The van der Waals surface area contributed by atoms with E-state index in [2.05, 4.69) is 10.3 Å². The van der Waals surface area contributed by atoms with E-state index in [1.54, 1.807) is 25.4 Å². The first-order valence-corrected chi connectivity index (χ1v) is 5.50. The van der Waals surface area contributed by atoms with Gasteiger partial charge in [-0.25, -0.2) is 0 Å². The Bertz CT molecular complexity index is 575. The maximum Gasteiger partial charge on any atom is 0.272 e. The molecule has 2 aromatic rings. The summed E-state index contributed by atoms with van der Waals surface area (Å²) in [5.41, 5.74) is 8.18. The Balaban J connectivity index is 2.14. The van der Waals surface area contributed by atoms with E-state index >= 15 is 0 Å². The molecule has 0 bridgehead atoms. The van der Waals surface area contributed by atoms with Gasteiger partial charge in [-0.3, -0.25) is 4.79 Å². The molecule has 0 aliphatic rings. The van der Waals surface area contributed by atoms with Crippen LogP contribution >= 0.6 is 0 Å². The number of rotatable bonds is 3. The fourth-order valence-electron chi connectivity index (χ4n) is 1.70. The Kier molecular flexibility index (Phi) is 3.23. The smallest absolute Gasteiger partial charge is 0.272 e. The maximum absolute atomic E-state index is 11.9. The van der Waals surface area contributed by atoms with Crippen molar-refractivity contribution in [2.24, 2.45) is 0 Å². The number of anilines is 2. The minimum Gasteiger partial charge on any atom is -0.496 e. The van der Waals surface area contributed by atoms with E-state index in [9.17, 15) is 4.79 Å². The van der Waals surface area contributed by atoms with Crippen LogP contribution in [0.2, 0.25) is 0 Å². The van der Waals surface area contributed by atoms with Crippen molar-refractivity contribution in [3.05, 3.63) is 41.7 Å². The number of hydrogen-bond donors (Lipinski definition) is 3. The Morgan fingerprint density at radius 1 is 1.39 bits per heavy atom. The lowest BCUT2D eigenvalue weighted by molar-refractivity contribution is 0.102. The molecular weight excluding hydrogens is 230 g/mol. The van der Waals surface area contributed by atoms with Crippen LogP contribution in [0.25, 0.3) is 0 Å². The summed E-state index contributed by atoms with van der Waals surface area (Å²) in [4.78, 5) is 14.7. The molecule has 0 unspecified atom stereocenters. The summed E-state index contributed by atoms with van der Waals surface area (Å²) in [5.74, 6) is 0.563. The number of aromatic amines is 1. The van der Waals surface area contributed by atoms with Crippen molar-refractivity contribution in [1.29, 1.82) is 0 Å². The van der Waals surface area contributed by atoms with Crippen LogP contribution in [-0.2, 0) is 0 Å². The summed E-state index contributed by atoms with van der Waals surface area (Å²) in [5, 5.41) is 2.78. The molecule has 1 heterocycles. The first-order chi connectivity index (χ1) is 8.60. The summed E-state index contributed by atoms with van der Waals surface area (Å²) in [7, 11) is 1.61. The molecule has 0 atom stereocenters. The number of hydrogen-bond acceptors (Lipinski definition) is 3. The molecule has 1 aromatic carbocycles. The number of benzene rings is 1. The van der Waals surface area contributed by atoms with E-state index in [1.807, 2.05) is 19.1 Å². The number of carbonyl (C=O) groups is 1. The van der Waals surface area contributed by atoms with E-state index in [4.69, 9.17) is 10.5 Å². The quantitative estimate of drug-likeness (QED) is 0.775. The van der Waals surface area contributed by atoms with E-state index in [-0.39, 0.29) is 5.91 Å². The molecule has 0 aliphatic carbocycles. The van der Waals surface area contributed by atoms with Crippen molar-refractivity contribution in [1.82, 2.24) is 4.98 Å².